The topological polar surface area (TPSA) is 49.3 Å². The third-order valence-corrected chi connectivity index (χ3v) is 6.73. The Labute approximate surface area is 135 Å². The second-order valence-electron chi connectivity index (χ2n) is 9.42. The van der Waals surface area contributed by atoms with Gasteiger partial charge in [-0.1, -0.05) is 0 Å². The van der Waals surface area contributed by atoms with Gasteiger partial charge >= 0.3 is 5.97 Å². The third kappa shape index (κ3) is 3.34. The number of carbonyl (C=O) groups is 1. The van der Waals surface area contributed by atoms with Gasteiger partial charge in [-0.2, -0.15) is 0 Å². The van der Waals surface area contributed by atoms with E-state index in [-0.39, 0.29) is 0 Å². The lowest BCUT2D eigenvalue weighted by Crippen LogP contribution is -2.48. The van der Waals surface area contributed by atoms with Gasteiger partial charge in [0.05, 0.1) is 5.41 Å². The smallest absolute Gasteiger partial charge is 0.309 e. The number of aliphatic carboxylic acids is 1. The molecular formula is C19H33NO2. The average Bonchev–Trinajstić information content (AvgIpc) is 2.35. The van der Waals surface area contributed by atoms with Gasteiger partial charge in [-0.25, -0.2) is 0 Å². The van der Waals surface area contributed by atoms with Crippen LogP contribution in [0.15, 0.2) is 0 Å². The molecule has 0 aliphatic heterocycles. The Hall–Kier alpha value is -0.570. The minimum absolute atomic E-state index is 0.515. The molecule has 3 nitrogen and oxygen atoms in total. The van der Waals surface area contributed by atoms with E-state index in [0.717, 1.165) is 24.3 Å². The highest BCUT2D eigenvalue weighted by Crippen LogP contribution is 2.61. The highest BCUT2D eigenvalue weighted by atomic mass is 16.4. The molecule has 0 heterocycles. The fraction of sp³-hybridized carbons (Fsp3) is 0.947. The summed E-state index contributed by atoms with van der Waals surface area (Å²) in [7, 11) is 0. The standard InChI is InChI=1S/C19H33NO2/c1-13(20-5-4-18(2,3)17(21)22)9-19-10-14-6-15(11-19)8-16(7-14)12-19/h13-16,20H,4-12H2,1-3H3,(H,21,22). The number of carboxylic acids is 1. The first kappa shape index (κ1) is 16.3. The van der Waals surface area contributed by atoms with E-state index in [1.165, 1.54) is 44.9 Å². The SMILES string of the molecule is CC(CC12CC3CC(CC(C3)C1)C2)NCCC(C)(C)C(=O)O. The van der Waals surface area contributed by atoms with Gasteiger partial charge in [-0.3, -0.25) is 4.79 Å². The second-order valence-corrected chi connectivity index (χ2v) is 9.42. The van der Waals surface area contributed by atoms with Crippen LogP contribution in [0.4, 0.5) is 0 Å². The zero-order valence-electron chi connectivity index (χ0n) is 14.5. The maximum absolute atomic E-state index is 11.2. The molecule has 4 rings (SSSR count). The molecule has 2 N–H and O–H groups in total. The lowest BCUT2D eigenvalue weighted by molar-refractivity contribution is -0.147. The van der Waals surface area contributed by atoms with Gasteiger partial charge in [0.2, 0.25) is 0 Å². The molecule has 4 fully saturated rings. The highest BCUT2D eigenvalue weighted by Gasteiger charge is 2.50. The van der Waals surface area contributed by atoms with Crippen LogP contribution in [-0.2, 0) is 4.79 Å². The van der Waals surface area contributed by atoms with Gasteiger partial charge < -0.3 is 10.4 Å². The number of nitrogens with one attached hydrogen (secondary N) is 1. The molecule has 0 aromatic carbocycles. The van der Waals surface area contributed by atoms with Gasteiger partial charge in [-0.15, -0.1) is 0 Å². The number of hydrogen-bond acceptors (Lipinski definition) is 2. The fourth-order valence-electron chi connectivity index (χ4n) is 6.00. The van der Waals surface area contributed by atoms with Gasteiger partial charge in [0.15, 0.2) is 0 Å². The summed E-state index contributed by atoms with van der Waals surface area (Å²) >= 11 is 0. The van der Waals surface area contributed by atoms with Crippen molar-refractivity contribution in [3.8, 4) is 0 Å². The van der Waals surface area contributed by atoms with Crippen LogP contribution in [0.1, 0.15) is 72.1 Å². The summed E-state index contributed by atoms with van der Waals surface area (Å²) < 4.78 is 0. The molecule has 126 valence electrons. The second kappa shape index (κ2) is 5.81. The summed E-state index contributed by atoms with van der Waals surface area (Å²) in [5.41, 5.74) is -0.00309. The normalized spacial score (nSPS) is 38.2. The molecular weight excluding hydrogens is 274 g/mol. The van der Waals surface area contributed by atoms with Crippen molar-refractivity contribution in [2.45, 2.75) is 78.2 Å². The lowest BCUT2D eigenvalue weighted by Gasteiger charge is -2.57. The summed E-state index contributed by atoms with van der Waals surface area (Å²) in [5.74, 6) is 2.36. The van der Waals surface area contributed by atoms with Crippen molar-refractivity contribution in [3.63, 3.8) is 0 Å². The Morgan fingerprint density at radius 2 is 1.68 bits per heavy atom. The first-order valence-corrected chi connectivity index (χ1v) is 9.25. The molecule has 3 heteroatoms. The maximum atomic E-state index is 11.2. The summed E-state index contributed by atoms with van der Waals surface area (Å²) in [6, 6.07) is 0.515. The van der Waals surface area contributed by atoms with Crippen molar-refractivity contribution in [3.05, 3.63) is 0 Å². The number of carboxylic acid groups (broad SMARTS) is 1. The molecule has 0 aromatic rings. The molecule has 0 radical (unpaired) electrons. The monoisotopic (exact) mass is 307 g/mol. The molecule has 1 atom stereocenters. The predicted octanol–water partition coefficient (Wildman–Crippen LogP) is 4.07. The molecule has 0 aromatic heterocycles. The van der Waals surface area contributed by atoms with Crippen molar-refractivity contribution in [2.75, 3.05) is 6.54 Å². The largest absolute Gasteiger partial charge is 0.481 e. The van der Waals surface area contributed by atoms with E-state index in [9.17, 15) is 9.90 Å². The first-order valence-electron chi connectivity index (χ1n) is 9.25. The van der Waals surface area contributed by atoms with Crippen LogP contribution in [0.3, 0.4) is 0 Å². The van der Waals surface area contributed by atoms with E-state index in [0.29, 0.717) is 17.9 Å². The quantitative estimate of drug-likeness (QED) is 0.745. The van der Waals surface area contributed by atoms with E-state index in [2.05, 4.69) is 12.2 Å². The molecule has 4 saturated carbocycles. The van der Waals surface area contributed by atoms with Gasteiger partial charge in [0.25, 0.3) is 0 Å². The zero-order chi connectivity index (χ0) is 16.0. The van der Waals surface area contributed by atoms with E-state index < -0.39 is 11.4 Å². The molecule has 0 saturated heterocycles. The Balaban J connectivity index is 1.48. The van der Waals surface area contributed by atoms with E-state index >= 15 is 0 Å². The number of rotatable bonds is 7. The highest BCUT2D eigenvalue weighted by molar-refractivity contribution is 5.73. The van der Waals surface area contributed by atoms with Crippen molar-refractivity contribution in [1.29, 1.82) is 0 Å². The van der Waals surface area contributed by atoms with Gasteiger partial charge in [0, 0.05) is 6.04 Å². The molecule has 0 amide bonds. The molecule has 22 heavy (non-hydrogen) atoms. The van der Waals surface area contributed by atoms with Crippen LogP contribution in [0.2, 0.25) is 0 Å². The predicted molar refractivity (Wildman–Crippen MR) is 88.7 cm³/mol. The van der Waals surface area contributed by atoms with Crippen molar-refractivity contribution >= 4 is 5.97 Å². The van der Waals surface area contributed by atoms with Crippen molar-refractivity contribution in [2.24, 2.45) is 28.6 Å². The van der Waals surface area contributed by atoms with Crippen molar-refractivity contribution < 1.29 is 9.90 Å². The molecule has 4 aliphatic carbocycles. The minimum Gasteiger partial charge on any atom is -0.481 e. The zero-order valence-corrected chi connectivity index (χ0v) is 14.5. The van der Waals surface area contributed by atoms with Crippen LogP contribution >= 0.6 is 0 Å². The summed E-state index contributed by atoms with van der Waals surface area (Å²) in [5, 5.41) is 12.8. The number of hydrogen-bond donors (Lipinski definition) is 2. The molecule has 4 bridgehead atoms. The lowest BCUT2D eigenvalue weighted by atomic mass is 9.48. The summed E-state index contributed by atoms with van der Waals surface area (Å²) in [4.78, 5) is 11.2. The third-order valence-electron chi connectivity index (χ3n) is 6.73. The molecule has 1 unspecified atom stereocenters. The summed E-state index contributed by atoms with van der Waals surface area (Å²) in [6.45, 7) is 6.75. The van der Waals surface area contributed by atoms with E-state index in [1.54, 1.807) is 0 Å². The van der Waals surface area contributed by atoms with Crippen LogP contribution in [0, 0.1) is 28.6 Å². The van der Waals surface area contributed by atoms with Crippen LogP contribution in [-0.4, -0.2) is 23.7 Å². The van der Waals surface area contributed by atoms with Crippen molar-refractivity contribution in [1.82, 2.24) is 5.32 Å². The molecule has 4 aliphatic rings. The van der Waals surface area contributed by atoms with E-state index in [1.807, 2.05) is 13.8 Å². The van der Waals surface area contributed by atoms with Crippen LogP contribution in [0.5, 0.6) is 0 Å². The Morgan fingerprint density at radius 3 is 2.14 bits per heavy atom. The Kier molecular flexibility index (Phi) is 4.30. The van der Waals surface area contributed by atoms with Crippen LogP contribution in [0.25, 0.3) is 0 Å². The average molecular weight is 307 g/mol. The Bertz CT molecular complexity index is 394. The van der Waals surface area contributed by atoms with Crippen LogP contribution < -0.4 is 5.32 Å². The minimum atomic E-state index is -0.692. The maximum Gasteiger partial charge on any atom is 0.309 e. The van der Waals surface area contributed by atoms with Gasteiger partial charge in [-0.05, 0) is 102 Å². The summed E-state index contributed by atoms with van der Waals surface area (Å²) in [6.07, 6.45) is 10.9. The molecule has 0 spiro atoms. The Morgan fingerprint density at radius 1 is 1.18 bits per heavy atom. The first-order chi connectivity index (χ1) is 10.3. The fourth-order valence-corrected chi connectivity index (χ4v) is 6.00. The van der Waals surface area contributed by atoms with E-state index in [4.69, 9.17) is 0 Å². The van der Waals surface area contributed by atoms with Gasteiger partial charge in [0.1, 0.15) is 0 Å².